The van der Waals surface area contributed by atoms with Gasteiger partial charge in [-0.15, -0.1) is 0 Å². The summed E-state index contributed by atoms with van der Waals surface area (Å²) < 4.78 is 0. The normalized spacial score (nSPS) is 10.0. The first-order valence-corrected chi connectivity index (χ1v) is 5.66. The van der Waals surface area contributed by atoms with Gasteiger partial charge >= 0.3 is 0 Å². The Hall–Kier alpha value is -1.82. The summed E-state index contributed by atoms with van der Waals surface area (Å²) >= 11 is 1.31. The van der Waals surface area contributed by atoms with E-state index in [1.807, 2.05) is 30.3 Å². The van der Waals surface area contributed by atoms with Crippen molar-refractivity contribution >= 4 is 23.4 Å². The van der Waals surface area contributed by atoms with Gasteiger partial charge in [0.25, 0.3) is 0 Å². The van der Waals surface area contributed by atoms with E-state index in [0.717, 1.165) is 5.69 Å². The molecule has 0 atom stereocenters. The minimum absolute atomic E-state index is 0.0624. The lowest BCUT2D eigenvalue weighted by atomic mass is 10.3. The Kier molecular flexibility index (Phi) is 3.55. The monoisotopic (exact) mass is 234 g/mol. The number of para-hydroxylation sites is 1. The van der Waals surface area contributed by atoms with Crippen LogP contribution >= 0.6 is 11.8 Å². The topological polar surface area (TPSA) is 70.7 Å². The van der Waals surface area contributed by atoms with E-state index in [0.29, 0.717) is 10.9 Å². The van der Waals surface area contributed by atoms with Gasteiger partial charge in [-0.05, 0) is 12.1 Å². The molecule has 82 valence electrons. The van der Waals surface area contributed by atoms with Gasteiger partial charge in [-0.3, -0.25) is 9.89 Å². The molecule has 2 aromatic rings. The van der Waals surface area contributed by atoms with E-state index in [4.69, 9.17) is 0 Å². The van der Waals surface area contributed by atoms with Crippen molar-refractivity contribution in [1.82, 2.24) is 15.2 Å². The second-order valence-electron chi connectivity index (χ2n) is 2.99. The maximum Gasteiger partial charge on any atom is 0.234 e. The fourth-order valence-corrected chi connectivity index (χ4v) is 1.70. The van der Waals surface area contributed by atoms with E-state index >= 15 is 0 Å². The molecule has 1 aromatic carbocycles. The van der Waals surface area contributed by atoms with Crippen molar-refractivity contribution in [2.45, 2.75) is 5.16 Å². The Bertz CT molecular complexity index is 443. The predicted octanol–water partition coefficient (Wildman–Crippen LogP) is 1.54. The number of thioether (sulfide) groups is 1. The Morgan fingerprint density at radius 3 is 2.88 bits per heavy atom. The summed E-state index contributed by atoms with van der Waals surface area (Å²) in [7, 11) is 0. The molecule has 0 aliphatic heterocycles. The number of carbonyl (C=O) groups is 1. The fraction of sp³-hybridized carbons (Fsp3) is 0.100. The van der Waals surface area contributed by atoms with E-state index in [9.17, 15) is 4.79 Å². The molecule has 5 nitrogen and oxygen atoms in total. The number of rotatable bonds is 4. The molecule has 0 aliphatic rings. The van der Waals surface area contributed by atoms with Gasteiger partial charge in [0.05, 0.1) is 5.75 Å². The maximum atomic E-state index is 11.5. The Morgan fingerprint density at radius 2 is 2.19 bits per heavy atom. The molecule has 0 spiro atoms. The van der Waals surface area contributed by atoms with Gasteiger partial charge in [-0.2, -0.15) is 5.10 Å². The van der Waals surface area contributed by atoms with Gasteiger partial charge in [0.2, 0.25) is 5.91 Å². The second-order valence-corrected chi connectivity index (χ2v) is 3.96. The molecule has 1 heterocycles. The average molecular weight is 234 g/mol. The lowest BCUT2D eigenvalue weighted by Gasteiger charge is -2.02. The van der Waals surface area contributed by atoms with Gasteiger partial charge in [-0.1, -0.05) is 30.0 Å². The smallest absolute Gasteiger partial charge is 0.234 e. The summed E-state index contributed by atoms with van der Waals surface area (Å²) in [6.45, 7) is 0. The van der Waals surface area contributed by atoms with Crippen LogP contribution in [-0.4, -0.2) is 26.8 Å². The molecular formula is C10H10N4OS. The van der Waals surface area contributed by atoms with Gasteiger partial charge in [-0.25, -0.2) is 4.98 Å². The van der Waals surface area contributed by atoms with Crippen LogP contribution in [0.3, 0.4) is 0 Å². The molecule has 0 fully saturated rings. The lowest BCUT2D eigenvalue weighted by molar-refractivity contribution is -0.113. The number of hydrogen-bond acceptors (Lipinski definition) is 4. The Morgan fingerprint density at radius 1 is 1.38 bits per heavy atom. The van der Waals surface area contributed by atoms with E-state index in [1.165, 1.54) is 18.1 Å². The van der Waals surface area contributed by atoms with E-state index in [2.05, 4.69) is 20.5 Å². The molecule has 1 aromatic heterocycles. The summed E-state index contributed by atoms with van der Waals surface area (Å²) in [6.07, 6.45) is 1.41. The summed E-state index contributed by atoms with van der Waals surface area (Å²) in [5, 5.41) is 9.80. The highest BCUT2D eigenvalue weighted by Crippen LogP contribution is 2.11. The summed E-state index contributed by atoms with van der Waals surface area (Å²) in [6, 6.07) is 9.34. The predicted molar refractivity (Wildman–Crippen MR) is 62.2 cm³/mol. The van der Waals surface area contributed by atoms with Gasteiger partial charge in [0, 0.05) is 5.69 Å². The third kappa shape index (κ3) is 3.09. The van der Waals surface area contributed by atoms with Crippen LogP contribution < -0.4 is 5.32 Å². The number of benzene rings is 1. The summed E-state index contributed by atoms with van der Waals surface area (Å²) in [5.74, 6) is 0.247. The van der Waals surface area contributed by atoms with Crippen LogP contribution in [0.4, 0.5) is 5.69 Å². The maximum absolute atomic E-state index is 11.5. The quantitative estimate of drug-likeness (QED) is 0.787. The Balaban J connectivity index is 1.81. The molecule has 2 N–H and O–H groups in total. The van der Waals surface area contributed by atoms with Crippen molar-refractivity contribution < 1.29 is 4.79 Å². The molecule has 16 heavy (non-hydrogen) atoms. The minimum Gasteiger partial charge on any atom is -0.325 e. The third-order valence-corrected chi connectivity index (χ3v) is 2.67. The second kappa shape index (κ2) is 5.32. The van der Waals surface area contributed by atoms with Crippen molar-refractivity contribution in [2.75, 3.05) is 11.1 Å². The number of carbonyl (C=O) groups excluding carboxylic acids is 1. The number of nitrogens with zero attached hydrogens (tertiary/aromatic N) is 2. The van der Waals surface area contributed by atoms with Crippen LogP contribution in [0, 0.1) is 0 Å². The van der Waals surface area contributed by atoms with Gasteiger partial charge in [0.15, 0.2) is 5.16 Å². The highest BCUT2D eigenvalue weighted by Gasteiger charge is 2.04. The van der Waals surface area contributed by atoms with Crippen molar-refractivity contribution in [3.63, 3.8) is 0 Å². The Labute approximate surface area is 96.7 Å². The first kappa shape index (κ1) is 10.7. The minimum atomic E-state index is -0.0624. The van der Waals surface area contributed by atoms with Gasteiger partial charge < -0.3 is 5.32 Å². The zero-order valence-electron chi connectivity index (χ0n) is 8.38. The number of aromatic amines is 1. The largest absolute Gasteiger partial charge is 0.325 e. The highest BCUT2D eigenvalue weighted by atomic mass is 32.2. The molecule has 1 amide bonds. The van der Waals surface area contributed by atoms with Crippen LogP contribution in [0.5, 0.6) is 0 Å². The number of hydrogen-bond donors (Lipinski definition) is 2. The van der Waals surface area contributed by atoms with Crippen molar-refractivity contribution in [3.8, 4) is 0 Å². The van der Waals surface area contributed by atoms with Crippen LogP contribution in [0.1, 0.15) is 0 Å². The average Bonchev–Trinajstić information content (AvgIpc) is 2.81. The molecular weight excluding hydrogens is 224 g/mol. The van der Waals surface area contributed by atoms with E-state index in [1.54, 1.807) is 0 Å². The summed E-state index contributed by atoms with van der Waals surface area (Å²) in [5.41, 5.74) is 0.797. The van der Waals surface area contributed by atoms with Crippen molar-refractivity contribution in [1.29, 1.82) is 0 Å². The molecule has 2 rings (SSSR count). The van der Waals surface area contributed by atoms with E-state index < -0.39 is 0 Å². The van der Waals surface area contributed by atoms with Crippen LogP contribution in [-0.2, 0) is 4.79 Å². The van der Waals surface area contributed by atoms with Crippen molar-refractivity contribution in [3.05, 3.63) is 36.7 Å². The van der Waals surface area contributed by atoms with Crippen LogP contribution in [0.2, 0.25) is 0 Å². The fourth-order valence-electron chi connectivity index (χ4n) is 1.12. The third-order valence-electron chi connectivity index (χ3n) is 1.79. The van der Waals surface area contributed by atoms with Crippen LogP contribution in [0.15, 0.2) is 41.8 Å². The highest BCUT2D eigenvalue weighted by molar-refractivity contribution is 7.99. The molecule has 0 saturated heterocycles. The summed E-state index contributed by atoms with van der Waals surface area (Å²) in [4.78, 5) is 15.4. The molecule has 0 aliphatic carbocycles. The SMILES string of the molecule is O=C(CSc1ncn[nH]1)Nc1ccccc1. The molecule has 0 radical (unpaired) electrons. The standard InChI is InChI=1S/C10H10N4OS/c15-9(6-16-10-11-7-12-14-10)13-8-4-2-1-3-5-8/h1-5,7H,6H2,(H,13,15)(H,11,12,14). The number of aromatic nitrogens is 3. The molecule has 0 unspecified atom stereocenters. The molecule has 6 heteroatoms. The lowest BCUT2D eigenvalue weighted by Crippen LogP contribution is -2.13. The first-order valence-electron chi connectivity index (χ1n) is 4.67. The van der Waals surface area contributed by atoms with Gasteiger partial charge in [0.1, 0.15) is 6.33 Å². The van der Waals surface area contributed by atoms with Crippen molar-refractivity contribution in [2.24, 2.45) is 0 Å². The number of nitrogens with one attached hydrogen (secondary N) is 2. The number of anilines is 1. The number of H-pyrrole nitrogens is 1. The van der Waals surface area contributed by atoms with Crippen LogP contribution in [0.25, 0.3) is 0 Å². The molecule has 0 saturated carbocycles. The number of amides is 1. The zero-order chi connectivity index (χ0) is 11.2. The first-order chi connectivity index (χ1) is 7.84. The van der Waals surface area contributed by atoms with E-state index in [-0.39, 0.29) is 5.91 Å². The zero-order valence-corrected chi connectivity index (χ0v) is 9.20. The molecule has 0 bridgehead atoms.